The molecule has 0 bridgehead atoms. The molecule has 3 heterocycles. The van der Waals surface area contributed by atoms with Gasteiger partial charge < -0.3 is 14.7 Å². The van der Waals surface area contributed by atoms with Crippen molar-refractivity contribution in [1.82, 2.24) is 14.7 Å². The first-order chi connectivity index (χ1) is 14.7. The zero-order valence-electron chi connectivity index (χ0n) is 18.5. The number of carbonyl (C=O) groups is 2. The average Bonchev–Trinajstić information content (AvgIpc) is 3.35. The second kappa shape index (κ2) is 9.95. The Balaban J connectivity index is 1.25. The van der Waals surface area contributed by atoms with E-state index in [9.17, 15) is 9.59 Å². The normalized spacial score (nSPS) is 23.0. The number of nitrogens with zero attached hydrogens (tertiary/aromatic N) is 3. The molecule has 3 aliphatic rings. The minimum atomic E-state index is -0.0184. The van der Waals surface area contributed by atoms with Gasteiger partial charge in [-0.3, -0.25) is 9.59 Å². The minimum absolute atomic E-state index is 0.0184. The standard InChI is InChI=1S/C25H37N3O2/c1-2-23(20-8-4-3-5-9-20)25(30)28-18-12-22(13-19-28)26-16-10-21(11-17-26)24(29)27-14-6-7-15-27/h3-5,8-9,21-23H,2,6-7,10-19H2,1H3. The molecular formula is C25H37N3O2. The molecule has 0 aliphatic carbocycles. The maximum absolute atomic E-state index is 13.1. The van der Waals surface area contributed by atoms with Crippen molar-refractivity contribution < 1.29 is 9.59 Å². The maximum Gasteiger partial charge on any atom is 0.230 e. The van der Waals surface area contributed by atoms with Crippen LogP contribution < -0.4 is 0 Å². The number of likely N-dealkylation sites (tertiary alicyclic amines) is 3. The Morgan fingerprint density at radius 3 is 2.10 bits per heavy atom. The van der Waals surface area contributed by atoms with Gasteiger partial charge in [0.1, 0.15) is 0 Å². The highest BCUT2D eigenvalue weighted by Gasteiger charge is 2.34. The smallest absolute Gasteiger partial charge is 0.230 e. The Morgan fingerprint density at radius 2 is 1.50 bits per heavy atom. The number of amides is 2. The van der Waals surface area contributed by atoms with E-state index in [4.69, 9.17) is 0 Å². The van der Waals surface area contributed by atoms with Gasteiger partial charge in [0.2, 0.25) is 11.8 Å². The van der Waals surface area contributed by atoms with Gasteiger partial charge in [-0.15, -0.1) is 0 Å². The van der Waals surface area contributed by atoms with Crippen LogP contribution in [-0.2, 0) is 9.59 Å². The lowest BCUT2D eigenvalue weighted by Gasteiger charge is -2.42. The Kier molecular flexibility index (Phi) is 7.08. The van der Waals surface area contributed by atoms with Gasteiger partial charge in [0, 0.05) is 38.1 Å². The molecule has 0 saturated carbocycles. The molecule has 5 heteroatoms. The molecule has 3 saturated heterocycles. The second-order valence-corrected chi connectivity index (χ2v) is 9.27. The quantitative estimate of drug-likeness (QED) is 0.745. The molecule has 2 amide bonds. The molecule has 4 rings (SSSR count). The van der Waals surface area contributed by atoms with E-state index >= 15 is 0 Å². The predicted molar refractivity (Wildman–Crippen MR) is 119 cm³/mol. The summed E-state index contributed by atoms with van der Waals surface area (Å²) >= 11 is 0. The zero-order valence-corrected chi connectivity index (χ0v) is 18.5. The maximum atomic E-state index is 13.1. The fourth-order valence-electron chi connectivity index (χ4n) is 5.62. The summed E-state index contributed by atoms with van der Waals surface area (Å²) in [6, 6.07) is 10.8. The van der Waals surface area contributed by atoms with Crippen LogP contribution in [0.4, 0.5) is 0 Å². The van der Waals surface area contributed by atoms with Crippen LogP contribution in [-0.4, -0.2) is 71.8 Å². The van der Waals surface area contributed by atoms with Crippen molar-refractivity contribution in [2.75, 3.05) is 39.3 Å². The summed E-state index contributed by atoms with van der Waals surface area (Å²) in [5.74, 6) is 0.906. The van der Waals surface area contributed by atoms with Crippen LogP contribution in [0.3, 0.4) is 0 Å². The molecule has 1 aromatic carbocycles. The molecule has 1 unspecified atom stereocenters. The van der Waals surface area contributed by atoms with Crippen molar-refractivity contribution in [2.24, 2.45) is 5.92 Å². The molecule has 3 aliphatic heterocycles. The van der Waals surface area contributed by atoms with Crippen molar-refractivity contribution in [3.63, 3.8) is 0 Å². The van der Waals surface area contributed by atoms with Gasteiger partial charge in [-0.2, -0.15) is 0 Å². The van der Waals surface area contributed by atoms with Crippen LogP contribution in [0.2, 0.25) is 0 Å². The third-order valence-electron chi connectivity index (χ3n) is 7.50. The first kappa shape index (κ1) is 21.4. The second-order valence-electron chi connectivity index (χ2n) is 9.27. The van der Waals surface area contributed by atoms with Crippen molar-refractivity contribution in [3.8, 4) is 0 Å². The van der Waals surface area contributed by atoms with Crippen LogP contribution in [0.1, 0.15) is 63.4 Å². The molecule has 0 aromatic heterocycles. The van der Waals surface area contributed by atoms with Gasteiger partial charge >= 0.3 is 0 Å². The van der Waals surface area contributed by atoms with Crippen LogP contribution in [0, 0.1) is 5.92 Å². The fraction of sp³-hybridized carbons (Fsp3) is 0.680. The lowest BCUT2D eigenvalue weighted by Crippen LogP contribution is -2.50. The Hall–Kier alpha value is -1.88. The molecule has 30 heavy (non-hydrogen) atoms. The largest absolute Gasteiger partial charge is 0.342 e. The fourth-order valence-corrected chi connectivity index (χ4v) is 5.62. The van der Waals surface area contributed by atoms with E-state index in [2.05, 4.69) is 33.8 Å². The van der Waals surface area contributed by atoms with Gasteiger partial charge in [0.05, 0.1) is 5.92 Å². The van der Waals surface area contributed by atoms with Crippen LogP contribution in [0.5, 0.6) is 0 Å². The topological polar surface area (TPSA) is 43.9 Å². The number of carbonyl (C=O) groups excluding carboxylic acids is 2. The molecule has 3 fully saturated rings. The molecule has 0 spiro atoms. The number of hydrogen-bond acceptors (Lipinski definition) is 3. The highest BCUT2D eigenvalue weighted by molar-refractivity contribution is 5.83. The van der Waals surface area contributed by atoms with Crippen molar-refractivity contribution in [3.05, 3.63) is 35.9 Å². The van der Waals surface area contributed by atoms with E-state index in [1.807, 2.05) is 18.2 Å². The van der Waals surface area contributed by atoms with Crippen LogP contribution >= 0.6 is 0 Å². The van der Waals surface area contributed by atoms with E-state index in [1.54, 1.807) is 0 Å². The Morgan fingerprint density at radius 1 is 0.867 bits per heavy atom. The van der Waals surface area contributed by atoms with Crippen molar-refractivity contribution in [2.45, 2.75) is 63.8 Å². The minimum Gasteiger partial charge on any atom is -0.342 e. The summed E-state index contributed by atoms with van der Waals surface area (Å²) in [5, 5.41) is 0. The summed E-state index contributed by atoms with van der Waals surface area (Å²) < 4.78 is 0. The van der Waals surface area contributed by atoms with Gasteiger partial charge in [-0.25, -0.2) is 0 Å². The first-order valence-corrected chi connectivity index (χ1v) is 12.0. The summed E-state index contributed by atoms with van der Waals surface area (Å²) in [6.07, 6.45) is 7.31. The third kappa shape index (κ3) is 4.72. The molecule has 5 nitrogen and oxygen atoms in total. The van der Waals surface area contributed by atoms with Crippen LogP contribution in [0.25, 0.3) is 0 Å². The number of piperidine rings is 2. The summed E-state index contributed by atoms with van der Waals surface area (Å²) in [6.45, 7) is 7.82. The van der Waals surface area contributed by atoms with Crippen LogP contribution in [0.15, 0.2) is 30.3 Å². The molecular weight excluding hydrogens is 374 g/mol. The Labute approximate surface area is 181 Å². The molecule has 1 atom stereocenters. The number of rotatable bonds is 5. The monoisotopic (exact) mass is 411 g/mol. The van der Waals surface area contributed by atoms with E-state index in [0.717, 1.165) is 76.9 Å². The first-order valence-electron chi connectivity index (χ1n) is 12.0. The average molecular weight is 412 g/mol. The summed E-state index contributed by atoms with van der Waals surface area (Å²) in [7, 11) is 0. The number of benzene rings is 1. The molecule has 164 valence electrons. The highest BCUT2D eigenvalue weighted by Crippen LogP contribution is 2.28. The lowest BCUT2D eigenvalue weighted by atomic mass is 9.91. The van der Waals surface area contributed by atoms with Gasteiger partial charge in [0.15, 0.2) is 0 Å². The highest BCUT2D eigenvalue weighted by atomic mass is 16.2. The number of hydrogen-bond donors (Lipinski definition) is 0. The van der Waals surface area contributed by atoms with Gasteiger partial charge in [-0.05, 0) is 63.6 Å². The van der Waals surface area contributed by atoms with E-state index < -0.39 is 0 Å². The molecule has 1 aromatic rings. The molecule has 0 N–H and O–H groups in total. The van der Waals surface area contributed by atoms with Gasteiger partial charge in [0.25, 0.3) is 0 Å². The van der Waals surface area contributed by atoms with Gasteiger partial charge in [-0.1, -0.05) is 37.3 Å². The van der Waals surface area contributed by atoms with E-state index in [-0.39, 0.29) is 17.7 Å². The summed E-state index contributed by atoms with van der Waals surface area (Å²) in [5.41, 5.74) is 1.14. The van der Waals surface area contributed by atoms with Crippen molar-refractivity contribution >= 4 is 11.8 Å². The lowest BCUT2D eigenvalue weighted by molar-refractivity contribution is -0.137. The SMILES string of the molecule is CCC(C(=O)N1CCC(N2CCC(C(=O)N3CCCC3)CC2)CC1)c1ccccc1. The molecule has 0 radical (unpaired) electrons. The van der Waals surface area contributed by atoms with E-state index in [0.29, 0.717) is 11.9 Å². The predicted octanol–water partition coefficient (Wildman–Crippen LogP) is 3.51. The third-order valence-corrected chi connectivity index (χ3v) is 7.50. The summed E-state index contributed by atoms with van der Waals surface area (Å²) in [4.78, 5) is 32.6. The van der Waals surface area contributed by atoms with Crippen molar-refractivity contribution in [1.29, 1.82) is 0 Å². The Bertz CT molecular complexity index is 700. The zero-order chi connectivity index (χ0) is 20.9. The van der Waals surface area contributed by atoms with E-state index in [1.165, 1.54) is 12.8 Å².